The zero-order chi connectivity index (χ0) is 22.4. The second kappa shape index (κ2) is 7.98. The van der Waals surface area contributed by atoms with E-state index < -0.39 is 11.7 Å². The first-order valence-corrected chi connectivity index (χ1v) is 11.2. The number of fused-ring (bicyclic) bond motifs is 3. The summed E-state index contributed by atoms with van der Waals surface area (Å²) in [6.07, 6.45) is 4.36. The van der Waals surface area contributed by atoms with Crippen molar-refractivity contribution in [2.24, 2.45) is 11.7 Å². The number of nitrogens with zero attached hydrogens (tertiary/aromatic N) is 1. The predicted octanol–water partition coefficient (Wildman–Crippen LogP) is 3.30. The van der Waals surface area contributed by atoms with E-state index in [0.29, 0.717) is 31.1 Å². The van der Waals surface area contributed by atoms with Crippen molar-refractivity contribution in [1.29, 1.82) is 0 Å². The molecule has 3 N–H and O–H groups in total. The molecular weight excluding hydrogens is 405 g/mol. The molecule has 1 atom stereocenters. The van der Waals surface area contributed by atoms with Crippen LogP contribution in [0.25, 0.3) is 11.1 Å². The molecule has 1 saturated heterocycles. The van der Waals surface area contributed by atoms with E-state index in [-0.39, 0.29) is 17.5 Å². The molecule has 32 heavy (non-hydrogen) atoms. The topological polar surface area (TPSA) is 75.4 Å². The number of rotatable bonds is 3. The van der Waals surface area contributed by atoms with Gasteiger partial charge in [0.1, 0.15) is 5.82 Å². The van der Waals surface area contributed by atoms with Gasteiger partial charge in [-0.15, -0.1) is 0 Å². The monoisotopic (exact) mass is 431 g/mol. The number of nitrogens with one attached hydrogen (secondary N) is 1. The van der Waals surface area contributed by atoms with Crippen LogP contribution in [0.3, 0.4) is 0 Å². The van der Waals surface area contributed by atoms with Crippen LogP contribution in [0.15, 0.2) is 24.3 Å². The minimum absolute atomic E-state index is 0.102. The summed E-state index contributed by atoms with van der Waals surface area (Å²) in [6, 6.07) is 7.26. The standard InChI is InChI=1S/C26H26FN3O2/c1-15-4-8-19-17(11-15)12-20-21(26(28)32)13-22(27)25(24(19)20)30-10-2-3-18(14-30)29-23(31)9-7-16-5-6-16/h4,8,11,13,16,18H,2-3,5-6,10,12,14H2,1H3,(H2,28,32)(H,29,31)/t18-/m0/s1. The molecule has 0 radical (unpaired) electrons. The summed E-state index contributed by atoms with van der Waals surface area (Å²) in [6.45, 7) is 3.20. The van der Waals surface area contributed by atoms with Gasteiger partial charge in [0, 0.05) is 36.2 Å². The molecule has 0 unspecified atom stereocenters. The summed E-state index contributed by atoms with van der Waals surface area (Å²) in [7, 11) is 0. The van der Waals surface area contributed by atoms with Crippen LogP contribution in [0.5, 0.6) is 0 Å². The van der Waals surface area contributed by atoms with Gasteiger partial charge in [-0.05, 0) is 67.7 Å². The van der Waals surface area contributed by atoms with Crippen molar-refractivity contribution in [3.8, 4) is 23.0 Å². The van der Waals surface area contributed by atoms with Crippen molar-refractivity contribution in [2.75, 3.05) is 18.0 Å². The van der Waals surface area contributed by atoms with Crippen LogP contribution in [0, 0.1) is 30.5 Å². The molecule has 6 heteroatoms. The summed E-state index contributed by atoms with van der Waals surface area (Å²) < 4.78 is 15.5. The van der Waals surface area contributed by atoms with E-state index in [1.807, 2.05) is 24.0 Å². The van der Waals surface area contributed by atoms with Gasteiger partial charge in [0.25, 0.3) is 5.91 Å². The third kappa shape index (κ3) is 3.84. The lowest BCUT2D eigenvalue weighted by molar-refractivity contribution is -0.116. The molecule has 2 aromatic carbocycles. The van der Waals surface area contributed by atoms with Crippen LogP contribution in [-0.2, 0) is 11.2 Å². The number of amides is 2. The van der Waals surface area contributed by atoms with Gasteiger partial charge in [-0.25, -0.2) is 4.39 Å². The van der Waals surface area contributed by atoms with Gasteiger partial charge in [-0.3, -0.25) is 9.59 Å². The zero-order valence-electron chi connectivity index (χ0n) is 18.1. The number of piperidine rings is 1. The number of nitrogens with two attached hydrogens (primary N) is 1. The van der Waals surface area contributed by atoms with E-state index in [9.17, 15) is 9.59 Å². The lowest BCUT2D eigenvalue weighted by atomic mass is 9.95. The minimum Gasteiger partial charge on any atom is -0.367 e. The number of benzene rings is 2. The van der Waals surface area contributed by atoms with E-state index >= 15 is 4.39 Å². The van der Waals surface area contributed by atoms with Crippen molar-refractivity contribution >= 4 is 17.5 Å². The van der Waals surface area contributed by atoms with E-state index in [1.165, 1.54) is 6.07 Å². The van der Waals surface area contributed by atoms with Gasteiger partial charge in [0.15, 0.2) is 0 Å². The maximum atomic E-state index is 15.5. The number of carbonyl (C=O) groups is 2. The normalized spacial score (nSPS) is 18.9. The molecule has 5 rings (SSSR count). The molecular formula is C26H26FN3O2. The first-order chi connectivity index (χ1) is 15.4. The van der Waals surface area contributed by atoms with Gasteiger partial charge < -0.3 is 16.0 Å². The summed E-state index contributed by atoms with van der Waals surface area (Å²) in [5.74, 6) is 4.71. The predicted molar refractivity (Wildman–Crippen MR) is 122 cm³/mol. The molecule has 0 bridgehead atoms. The fourth-order valence-electron chi connectivity index (χ4n) is 4.90. The maximum absolute atomic E-state index is 15.5. The summed E-state index contributed by atoms with van der Waals surface area (Å²) in [4.78, 5) is 26.3. The fraction of sp³-hybridized carbons (Fsp3) is 0.385. The smallest absolute Gasteiger partial charge is 0.296 e. The molecule has 2 amide bonds. The Hall–Kier alpha value is -3.33. The Balaban J connectivity index is 1.49. The van der Waals surface area contributed by atoms with Crippen molar-refractivity contribution in [2.45, 2.75) is 45.1 Å². The van der Waals surface area contributed by atoms with Crippen molar-refractivity contribution in [1.82, 2.24) is 5.32 Å². The number of anilines is 1. The van der Waals surface area contributed by atoms with Crippen LogP contribution in [-0.4, -0.2) is 30.9 Å². The minimum atomic E-state index is -0.616. The highest BCUT2D eigenvalue weighted by atomic mass is 19.1. The highest BCUT2D eigenvalue weighted by Crippen LogP contribution is 2.46. The Morgan fingerprint density at radius 2 is 2.03 bits per heavy atom. The SMILES string of the molecule is Cc1ccc2c(c1)Cc1c(C(N)=O)cc(F)c(N3CCC[C@H](NC(=O)C#CC4CC4)C3)c1-2. The Bertz CT molecular complexity index is 1190. The molecule has 0 spiro atoms. The summed E-state index contributed by atoms with van der Waals surface area (Å²) >= 11 is 0. The number of hydrogen-bond donors (Lipinski definition) is 2. The van der Waals surface area contributed by atoms with Crippen LogP contribution in [0.2, 0.25) is 0 Å². The zero-order valence-corrected chi connectivity index (χ0v) is 18.1. The molecule has 2 aromatic rings. The molecule has 1 aliphatic heterocycles. The van der Waals surface area contributed by atoms with Gasteiger partial charge in [0.2, 0.25) is 5.91 Å². The highest BCUT2D eigenvalue weighted by molar-refractivity contribution is 6.01. The van der Waals surface area contributed by atoms with Crippen molar-refractivity contribution in [3.63, 3.8) is 0 Å². The molecule has 1 saturated carbocycles. The van der Waals surface area contributed by atoms with Gasteiger partial charge in [-0.2, -0.15) is 0 Å². The lowest BCUT2D eigenvalue weighted by Crippen LogP contribution is -2.48. The first kappa shape index (κ1) is 20.6. The Morgan fingerprint density at radius 1 is 1.22 bits per heavy atom. The third-order valence-electron chi connectivity index (χ3n) is 6.56. The number of primary amides is 1. The Morgan fingerprint density at radius 3 is 2.78 bits per heavy atom. The number of aryl methyl sites for hydroxylation is 1. The van der Waals surface area contributed by atoms with E-state index in [0.717, 1.165) is 53.5 Å². The first-order valence-electron chi connectivity index (χ1n) is 11.2. The summed E-state index contributed by atoms with van der Waals surface area (Å²) in [5, 5.41) is 2.99. The van der Waals surface area contributed by atoms with Crippen LogP contribution < -0.4 is 16.0 Å². The summed E-state index contributed by atoms with van der Waals surface area (Å²) in [5.41, 5.74) is 11.0. The molecule has 5 nitrogen and oxygen atoms in total. The average Bonchev–Trinajstić information content (AvgIpc) is 3.51. The van der Waals surface area contributed by atoms with E-state index in [1.54, 1.807) is 0 Å². The molecule has 2 fully saturated rings. The Kier molecular flexibility index (Phi) is 5.13. The number of carbonyl (C=O) groups excluding carboxylic acids is 2. The molecule has 1 heterocycles. The maximum Gasteiger partial charge on any atom is 0.296 e. The van der Waals surface area contributed by atoms with Crippen molar-refractivity contribution in [3.05, 3.63) is 52.3 Å². The number of halogens is 1. The third-order valence-corrected chi connectivity index (χ3v) is 6.56. The van der Waals surface area contributed by atoms with E-state index in [2.05, 4.69) is 23.2 Å². The molecule has 164 valence electrons. The second-order valence-electron chi connectivity index (χ2n) is 9.11. The quantitative estimate of drug-likeness (QED) is 0.625. The van der Waals surface area contributed by atoms with Gasteiger partial charge in [-0.1, -0.05) is 29.7 Å². The largest absolute Gasteiger partial charge is 0.367 e. The molecule has 3 aliphatic rings. The second-order valence-corrected chi connectivity index (χ2v) is 9.11. The molecule has 0 aromatic heterocycles. The fourth-order valence-corrected chi connectivity index (χ4v) is 4.90. The van der Waals surface area contributed by atoms with Crippen LogP contribution >= 0.6 is 0 Å². The van der Waals surface area contributed by atoms with Crippen LogP contribution in [0.4, 0.5) is 10.1 Å². The van der Waals surface area contributed by atoms with E-state index in [4.69, 9.17) is 5.73 Å². The van der Waals surface area contributed by atoms with Gasteiger partial charge in [0.05, 0.1) is 5.69 Å². The molecule has 2 aliphatic carbocycles. The number of hydrogen-bond acceptors (Lipinski definition) is 3. The highest BCUT2D eigenvalue weighted by Gasteiger charge is 2.33. The van der Waals surface area contributed by atoms with Crippen LogP contribution in [0.1, 0.15) is 52.7 Å². The Labute approximate surface area is 187 Å². The average molecular weight is 432 g/mol. The van der Waals surface area contributed by atoms with Crippen molar-refractivity contribution < 1.29 is 14.0 Å². The lowest BCUT2D eigenvalue weighted by Gasteiger charge is -2.36. The van der Waals surface area contributed by atoms with Gasteiger partial charge >= 0.3 is 0 Å².